The molecule has 0 unspecified atom stereocenters. The molecule has 0 aliphatic carbocycles. The Hall–Kier alpha value is -4.18. The van der Waals surface area contributed by atoms with Crippen molar-refractivity contribution in [1.29, 1.82) is 0 Å². The highest BCUT2D eigenvalue weighted by Gasteiger charge is 2.34. The summed E-state index contributed by atoms with van der Waals surface area (Å²) in [4.78, 5) is 37.5. The van der Waals surface area contributed by atoms with Gasteiger partial charge in [-0.1, -0.05) is 18.2 Å². The molecule has 0 radical (unpaired) electrons. The molecule has 3 aromatic carbocycles. The molecule has 3 amide bonds. The Morgan fingerprint density at radius 1 is 1.11 bits per heavy atom. The van der Waals surface area contributed by atoms with Gasteiger partial charge in [-0.3, -0.25) is 19.8 Å². The molecular weight excluding hydrogens is 521 g/mol. The van der Waals surface area contributed by atoms with Crippen LogP contribution in [-0.2, 0) is 14.4 Å². The zero-order chi connectivity index (χ0) is 24.9. The van der Waals surface area contributed by atoms with Crippen LogP contribution >= 0.6 is 15.9 Å². The first-order valence-electron chi connectivity index (χ1n) is 10.3. The molecule has 0 saturated carbocycles. The molecule has 178 valence electrons. The number of hydrogen-bond acceptors (Lipinski definition) is 5. The number of halogens is 2. The third kappa shape index (κ3) is 5.49. The van der Waals surface area contributed by atoms with E-state index in [9.17, 15) is 18.8 Å². The van der Waals surface area contributed by atoms with Crippen molar-refractivity contribution in [3.8, 4) is 11.5 Å². The van der Waals surface area contributed by atoms with E-state index in [1.165, 1.54) is 42.5 Å². The fraction of sp³-hybridized carbons (Fsp3) is 0.0800. The second-order valence-electron chi connectivity index (χ2n) is 7.35. The van der Waals surface area contributed by atoms with Crippen LogP contribution in [0.3, 0.4) is 0 Å². The molecule has 8 nitrogen and oxygen atoms in total. The Balaban J connectivity index is 1.50. The van der Waals surface area contributed by atoms with Crippen LogP contribution in [0.15, 0.2) is 76.8 Å². The van der Waals surface area contributed by atoms with Crippen molar-refractivity contribution >= 4 is 51.1 Å². The lowest BCUT2D eigenvalue weighted by molar-refractivity contribution is -0.118. The SMILES string of the molecule is COc1cc(/C=C2/C(=O)NN(c3ccccc3)C2=O)cc(Br)c1OCC(=O)Nc1ccc(F)cc1. The van der Waals surface area contributed by atoms with E-state index in [1.807, 2.05) is 6.07 Å². The number of carbonyl (C=O) groups excluding carboxylic acids is 3. The Bertz CT molecular complexity index is 1310. The van der Waals surface area contributed by atoms with Gasteiger partial charge in [-0.25, -0.2) is 9.40 Å². The average Bonchev–Trinajstić information content (AvgIpc) is 3.13. The number of benzene rings is 3. The maximum absolute atomic E-state index is 13.0. The van der Waals surface area contributed by atoms with E-state index in [0.717, 1.165) is 0 Å². The van der Waals surface area contributed by atoms with Crippen LogP contribution in [0, 0.1) is 5.82 Å². The van der Waals surface area contributed by atoms with Gasteiger partial charge in [-0.2, -0.15) is 0 Å². The van der Waals surface area contributed by atoms with Crippen LogP contribution in [0.2, 0.25) is 0 Å². The smallest absolute Gasteiger partial charge is 0.282 e. The van der Waals surface area contributed by atoms with Crippen LogP contribution in [0.1, 0.15) is 5.56 Å². The number of nitrogens with one attached hydrogen (secondary N) is 2. The summed E-state index contributed by atoms with van der Waals surface area (Å²) in [7, 11) is 1.43. The highest BCUT2D eigenvalue weighted by atomic mass is 79.9. The average molecular weight is 540 g/mol. The minimum Gasteiger partial charge on any atom is -0.493 e. The van der Waals surface area contributed by atoms with Gasteiger partial charge < -0.3 is 14.8 Å². The maximum atomic E-state index is 13.0. The van der Waals surface area contributed by atoms with Crippen molar-refractivity contribution in [3.63, 3.8) is 0 Å². The first-order valence-corrected chi connectivity index (χ1v) is 11.1. The molecule has 10 heteroatoms. The summed E-state index contributed by atoms with van der Waals surface area (Å²) in [5.74, 6) is -1.34. The van der Waals surface area contributed by atoms with Gasteiger partial charge in [0.25, 0.3) is 17.7 Å². The molecule has 4 rings (SSSR count). The fourth-order valence-corrected chi connectivity index (χ4v) is 3.89. The van der Waals surface area contributed by atoms with Crippen molar-refractivity contribution in [2.24, 2.45) is 0 Å². The maximum Gasteiger partial charge on any atom is 0.282 e. The number of nitrogens with zero attached hydrogens (tertiary/aromatic N) is 1. The third-order valence-electron chi connectivity index (χ3n) is 4.94. The van der Waals surface area contributed by atoms with Crippen molar-refractivity contribution in [3.05, 3.63) is 88.2 Å². The number of carbonyl (C=O) groups is 3. The molecule has 0 bridgehead atoms. The van der Waals surface area contributed by atoms with Crippen LogP contribution < -0.4 is 25.2 Å². The van der Waals surface area contributed by atoms with Crippen molar-refractivity contribution in [2.75, 3.05) is 24.0 Å². The topological polar surface area (TPSA) is 97.0 Å². The monoisotopic (exact) mass is 539 g/mol. The van der Waals surface area contributed by atoms with Gasteiger partial charge in [-0.15, -0.1) is 0 Å². The summed E-state index contributed by atoms with van der Waals surface area (Å²) in [6, 6.07) is 17.3. The summed E-state index contributed by atoms with van der Waals surface area (Å²) in [5.41, 5.74) is 3.97. The molecule has 35 heavy (non-hydrogen) atoms. The van der Waals surface area contributed by atoms with Crippen LogP contribution in [0.4, 0.5) is 15.8 Å². The normalized spacial score (nSPS) is 14.1. The predicted molar refractivity (Wildman–Crippen MR) is 131 cm³/mol. The van der Waals surface area contributed by atoms with Crippen molar-refractivity contribution in [1.82, 2.24) is 5.43 Å². The molecule has 3 aromatic rings. The first kappa shape index (κ1) is 24.0. The Morgan fingerprint density at radius 3 is 2.51 bits per heavy atom. The molecule has 0 aromatic heterocycles. The first-order chi connectivity index (χ1) is 16.9. The number of rotatable bonds is 7. The molecule has 0 spiro atoms. The zero-order valence-corrected chi connectivity index (χ0v) is 20.0. The number of ether oxygens (including phenoxy) is 2. The van der Waals surface area contributed by atoms with Gasteiger partial charge in [0.1, 0.15) is 11.4 Å². The summed E-state index contributed by atoms with van der Waals surface area (Å²) < 4.78 is 24.5. The quantitative estimate of drug-likeness (QED) is 0.348. The second-order valence-corrected chi connectivity index (χ2v) is 8.21. The van der Waals surface area contributed by atoms with Gasteiger partial charge in [0, 0.05) is 5.69 Å². The third-order valence-corrected chi connectivity index (χ3v) is 5.53. The molecule has 0 atom stereocenters. The summed E-state index contributed by atoms with van der Waals surface area (Å²) in [6.07, 6.45) is 1.44. The highest BCUT2D eigenvalue weighted by Crippen LogP contribution is 2.37. The van der Waals surface area contributed by atoms with Crippen LogP contribution in [0.5, 0.6) is 11.5 Å². The van der Waals surface area contributed by atoms with Crippen molar-refractivity contribution < 1.29 is 28.2 Å². The zero-order valence-electron chi connectivity index (χ0n) is 18.4. The summed E-state index contributed by atoms with van der Waals surface area (Å²) in [5, 5.41) is 3.78. The molecule has 1 saturated heterocycles. The molecule has 2 N–H and O–H groups in total. The molecule has 1 aliphatic heterocycles. The van der Waals surface area contributed by atoms with E-state index < -0.39 is 23.5 Å². The summed E-state index contributed by atoms with van der Waals surface area (Å²) >= 11 is 3.39. The second kappa shape index (κ2) is 10.4. The lowest BCUT2D eigenvalue weighted by Crippen LogP contribution is -2.35. The molecular formula is C25H19BrFN3O5. The summed E-state index contributed by atoms with van der Waals surface area (Å²) in [6.45, 7) is -0.334. The Kier molecular flexibility index (Phi) is 7.11. The number of amides is 3. The Labute approximate surface area is 208 Å². The Morgan fingerprint density at radius 2 is 1.83 bits per heavy atom. The standard InChI is InChI=1S/C25H19BrFN3O5/c1-34-21-13-15(11-19-24(32)29-30(25(19)33)18-5-3-2-4-6-18)12-20(26)23(21)35-14-22(31)28-17-9-7-16(27)8-10-17/h2-13H,14H2,1H3,(H,28,31)(H,29,32)/b19-11-. The molecule has 1 fully saturated rings. The van der Waals surface area contributed by atoms with Crippen LogP contribution in [-0.4, -0.2) is 31.4 Å². The van der Waals surface area contributed by atoms with E-state index in [0.29, 0.717) is 21.4 Å². The predicted octanol–water partition coefficient (Wildman–Crippen LogP) is 4.08. The highest BCUT2D eigenvalue weighted by molar-refractivity contribution is 9.10. The molecule has 1 aliphatic rings. The number of para-hydroxylation sites is 1. The lowest BCUT2D eigenvalue weighted by atomic mass is 10.1. The minimum atomic E-state index is -0.535. The van der Waals surface area contributed by atoms with E-state index in [2.05, 4.69) is 26.7 Å². The van der Waals surface area contributed by atoms with E-state index >= 15 is 0 Å². The van der Waals surface area contributed by atoms with Gasteiger partial charge in [0.15, 0.2) is 18.1 Å². The number of methoxy groups -OCH3 is 1. The number of hydrazine groups is 1. The van der Waals surface area contributed by atoms with Gasteiger partial charge in [0.05, 0.1) is 17.3 Å². The van der Waals surface area contributed by atoms with Gasteiger partial charge in [0.2, 0.25) is 0 Å². The van der Waals surface area contributed by atoms with E-state index in [4.69, 9.17) is 9.47 Å². The van der Waals surface area contributed by atoms with E-state index in [-0.39, 0.29) is 23.7 Å². The largest absolute Gasteiger partial charge is 0.493 e. The van der Waals surface area contributed by atoms with Crippen LogP contribution in [0.25, 0.3) is 6.08 Å². The number of anilines is 2. The lowest BCUT2D eigenvalue weighted by Gasteiger charge is -2.14. The van der Waals surface area contributed by atoms with E-state index in [1.54, 1.807) is 36.4 Å². The van der Waals surface area contributed by atoms with Crippen molar-refractivity contribution in [2.45, 2.75) is 0 Å². The fourth-order valence-electron chi connectivity index (χ4n) is 3.31. The molecule has 1 heterocycles. The minimum absolute atomic E-state index is 0.0462. The number of hydrogen-bond donors (Lipinski definition) is 2. The van der Waals surface area contributed by atoms with Gasteiger partial charge >= 0.3 is 0 Å². The van der Waals surface area contributed by atoms with Gasteiger partial charge in [-0.05, 0) is 76.1 Å².